The summed E-state index contributed by atoms with van der Waals surface area (Å²) in [7, 11) is 1.51. The van der Waals surface area contributed by atoms with Crippen LogP contribution in [0, 0.1) is 6.92 Å². The molecule has 0 saturated heterocycles. The third-order valence-corrected chi connectivity index (χ3v) is 3.20. The highest BCUT2D eigenvalue weighted by Gasteiger charge is 2.17. The lowest BCUT2D eigenvalue weighted by Crippen LogP contribution is -2.05. The Morgan fingerprint density at radius 1 is 1.56 bits per heavy atom. The van der Waals surface area contributed by atoms with E-state index in [-0.39, 0.29) is 5.78 Å². The number of hydrogen-bond donors (Lipinski definition) is 0. The lowest BCUT2D eigenvalue weighted by Gasteiger charge is -2.06. The SMILES string of the molecule is COc1c(C(C)=O)cnc2c(Br)c(C)nn12. The van der Waals surface area contributed by atoms with Crippen molar-refractivity contribution in [2.75, 3.05) is 7.11 Å². The van der Waals surface area contributed by atoms with E-state index in [4.69, 9.17) is 4.74 Å². The first-order chi connectivity index (χ1) is 7.56. The molecule has 0 amide bonds. The first kappa shape index (κ1) is 11.1. The van der Waals surface area contributed by atoms with Gasteiger partial charge < -0.3 is 4.74 Å². The van der Waals surface area contributed by atoms with Crippen molar-refractivity contribution in [2.45, 2.75) is 13.8 Å². The van der Waals surface area contributed by atoms with Gasteiger partial charge in [0.2, 0.25) is 5.88 Å². The number of fused-ring (bicyclic) bond motifs is 1. The lowest BCUT2D eigenvalue weighted by molar-refractivity contribution is 0.101. The average molecular weight is 284 g/mol. The Labute approximate surface area is 101 Å². The fourth-order valence-corrected chi connectivity index (χ4v) is 1.83. The number of carbonyl (C=O) groups excluding carboxylic acids is 1. The number of methoxy groups -OCH3 is 1. The molecule has 0 aliphatic heterocycles. The molecular formula is C10H10BrN3O2. The fourth-order valence-electron chi connectivity index (χ4n) is 1.48. The zero-order valence-electron chi connectivity index (χ0n) is 9.11. The average Bonchev–Trinajstić information content (AvgIpc) is 2.54. The molecule has 0 aliphatic rings. The van der Waals surface area contributed by atoms with Gasteiger partial charge in [0.1, 0.15) is 0 Å². The van der Waals surface area contributed by atoms with E-state index in [0.29, 0.717) is 17.1 Å². The predicted molar refractivity (Wildman–Crippen MR) is 62.0 cm³/mol. The molecule has 0 saturated carbocycles. The summed E-state index contributed by atoms with van der Waals surface area (Å²) in [4.78, 5) is 15.6. The van der Waals surface area contributed by atoms with Gasteiger partial charge in [-0.2, -0.15) is 9.61 Å². The van der Waals surface area contributed by atoms with Crippen LogP contribution in [0.15, 0.2) is 10.7 Å². The van der Waals surface area contributed by atoms with Crippen LogP contribution in [-0.2, 0) is 0 Å². The Bertz CT molecular complexity index is 577. The van der Waals surface area contributed by atoms with Gasteiger partial charge in [-0.1, -0.05) is 0 Å². The van der Waals surface area contributed by atoms with Crippen LogP contribution in [0.4, 0.5) is 0 Å². The first-order valence-electron chi connectivity index (χ1n) is 4.65. The Hall–Kier alpha value is -1.43. The standard InChI is InChI=1S/C10H10BrN3O2/c1-5-8(11)9-12-4-7(6(2)15)10(16-3)14(9)13-5/h4H,1-3H3. The van der Waals surface area contributed by atoms with E-state index in [1.807, 2.05) is 6.92 Å². The van der Waals surface area contributed by atoms with Gasteiger partial charge in [-0.25, -0.2) is 4.98 Å². The third kappa shape index (κ3) is 1.49. The number of nitrogens with zero attached hydrogens (tertiary/aromatic N) is 3. The van der Waals surface area contributed by atoms with E-state index in [9.17, 15) is 4.79 Å². The molecule has 0 unspecified atom stereocenters. The van der Waals surface area contributed by atoms with Crippen molar-refractivity contribution in [2.24, 2.45) is 0 Å². The predicted octanol–water partition coefficient (Wildman–Crippen LogP) is 2.01. The number of aromatic nitrogens is 3. The van der Waals surface area contributed by atoms with Crippen LogP contribution >= 0.6 is 15.9 Å². The van der Waals surface area contributed by atoms with Gasteiger partial charge in [0.05, 0.1) is 22.8 Å². The van der Waals surface area contributed by atoms with Gasteiger partial charge in [-0.15, -0.1) is 0 Å². The van der Waals surface area contributed by atoms with Crippen LogP contribution in [-0.4, -0.2) is 27.5 Å². The highest BCUT2D eigenvalue weighted by Crippen LogP contribution is 2.26. The topological polar surface area (TPSA) is 56.5 Å². The van der Waals surface area contributed by atoms with Gasteiger partial charge in [-0.05, 0) is 29.8 Å². The minimum atomic E-state index is -0.101. The van der Waals surface area contributed by atoms with E-state index < -0.39 is 0 Å². The van der Waals surface area contributed by atoms with Crippen molar-refractivity contribution in [3.63, 3.8) is 0 Å². The van der Waals surface area contributed by atoms with E-state index in [0.717, 1.165) is 10.2 Å². The molecule has 84 valence electrons. The number of ketones is 1. The van der Waals surface area contributed by atoms with Crippen LogP contribution in [0.3, 0.4) is 0 Å². The summed E-state index contributed by atoms with van der Waals surface area (Å²) in [5, 5.41) is 4.26. The molecule has 16 heavy (non-hydrogen) atoms. The molecule has 0 aliphatic carbocycles. The maximum atomic E-state index is 11.4. The zero-order valence-corrected chi connectivity index (χ0v) is 10.7. The third-order valence-electron chi connectivity index (χ3n) is 2.28. The van der Waals surface area contributed by atoms with Gasteiger partial charge in [-0.3, -0.25) is 4.79 Å². The van der Waals surface area contributed by atoms with E-state index in [1.165, 1.54) is 24.7 Å². The van der Waals surface area contributed by atoms with E-state index in [2.05, 4.69) is 26.0 Å². The fraction of sp³-hybridized carbons (Fsp3) is 0.300. The van der Waals surface area contributed by atoms with Crippen molar-refractivity contribution in [3.8, 4) is 5.88 Å². The van der Waals surface area contributed by atoms with Crippen LogP contribution in [0.5, 0.6) is 5.88 Å². The van der Waals surface area contributed by atoms with Crippen molar-refractivity contribution < 1.29 is 9.53 Å². The maximum Gasteiger partial charge on any atom is 0.228 e. The van der Waals surface area contributed by atoms with Crippen molar-refractivity contribution >= 4 is 27.4 Å². The molecule has 2 aromatic heterocycles. The molecule has 0 aromatic carbocycles. The summed E-state index contributed by atoms with van der Waals surface area (Å²) in [6.45, 7) is 3.32. The molecule has 0 bridgehead atoms. The number of carbonyl (C=O) groups is 1. The van der Waals surface area contributed by atoms with Gasteiger partial charge >= 0.3 is 0 Å². The van der Waals surface area contributed by atoms with Crippen molar-refractivity contribution in [3.05, 3.63) is 21.9 Å². The number of Topliss-reactive ketones (excluding diaryl/α,β-unsaturated/α-hetero) is 1. The molecule has 5 nitrogen and oxygen atoms in total. The Kier molecular flexibility index (Phi) is 2.67. The van der Waals surface area contributed by atoms with Gasteiger partial charge in [0.15, 0.2) is 11.4 Å². The molecule has 0 spiro atoms. The second-order valence-corrected chi connectivity index (χ2v) is 4.17. The Balaban J connectivity index is 2.86. The maximum absolute atomic E-state index is 11.4. The highest BCUT2D eigenvalue weighted by molar-refractivity contribution is 9.10. The summed E-state index contributed by atoms with van der Waals surface area (Å²) < 4.78 is 7.54. The normalized spacial score (nSPS) is 10.8. The molecule has 6 heteroatoms. The van der Waals surface area contributed by atoms with Gasteiger partial charge in [0, 0.05) is 6.20 Å². The van der Waals surface area contributed by atoms with Crippen molar-refractivity contribution in [1.82, 2.24) is 14.6 Å². The number of rotatable bonds is 2. The van der Waals surface area contributed by atoms with Crippen molar-refractivity contribution in [1.29, 1.82) is 0 Å². The molecule has 0 N–H and O–H groups in total. The Morgan fingerprint density at radius 2 is 2.25 bits per heavy atom. The van der Waals surface area contributed by atoms with Crippen LogP contribution < -0.4 is 4.74 Å². The molecule has 2 rings (SSSR count). The number of hydrogen-bond acceptors (Lipinski definition) is 4. The quantitative estimate of drug-likeness (QED) is 0.792. The van der Waals surface area contributed by atoms with Crippen LogP contribution in [0.25, 0.3) is 5.65 Å². The number of aryl methyl sites for hydroxylation is 1. The van der Waals surface area contributed by atoms with E-state index in [1.54, 1.807) is 0 Å². The minimum absolute atomic E-state index is 0.101. The molecule has 2 heterocycles. The summed E-state index contributed by atoms with van der Waals surface area (Å²) in [5.41, 5.74) is 1.86. The minimum Gasteiger partial charge on any atom is -0.480 e. The molecule has 2 aromatic rings. The summed E-state index contributed by atoms with van der Waals surface area (Å²) in [6.07, 6.45) is 1.50. The number of halogens is 1. The van der Waals surface area contributed by atoms with Crippen LogP contribution in [0.2, 0.25) is 0 Å². The summed E-state index contributed by atoms with van der Waals surface area (Å²) in [6, 6.07) is 0. The number of ether oxygens (including phenoxy) is 1. The summed E-state index contributed by atoms with van der Waals surface area (Å²) in [5.74, 6) is 0.307. The van der Waals surface area contributed by atoms with E-state index >= 15 is 0 Å². The highest BCUT2D eigenvalue weighted by atomic mass is 79.9. The monoisotopic (exact) mass is 283 g/mol. The van der Waals surface area contributed by atoms with Crippen LogP contribution in [0.1, 0.15) is 23.0 Å². The first-order valence-corrected chi connectivity index (χ1v) is 5.44. The molecule has 0 atom stereocenters. The largest absolute Gasteiger partial charge is 0.480 e. The molecule has 0 fully saturated rings. The lowest BCUT2D eigenvalue weighted by atomic mass is 10.2. The second-order valence-electron chi connectivity index (χ2n) is 3.37. The summed E-state index contributed by atoms with van der Waals surface area (Å²) >= 11 is 3.39. The molecular weight excluding hydrogens is 274 g/mol. The zero-order chi connectivity index (χ0) is 11.9. The molecule has 0 radical (unpaired) electrons. The second kappa shape index (κ2) is 3.86. The smallest absolute Gasteiger partial charge is 0.228 e. The van der Waals surface area contributed by atoms with Gasteiger partial charge in [0.25, 0.3) is 0 Å². The Morgan fingerprint density at radius 3 is 2.81 bits per heavy atom.